The molecule has 3 aromatic rings. The Hall–Kier alpha value is -4.91. The van der Waals surface area contributed by atoms with Gasteiger partial charge in [-0.05, 0) is 111 Å². The SMILES string of the molecule is CNC(=O)c1cccc(CC(=O)[C@H]2CCC(=O)N2C2CCN(Cc3ccc(Cl)c(C)c3)CC2)c1.CNC(=O)c1cccc(CC(=O)[C@H]2CCC(=O)N2C2CCNCC2)c1.[2H][2H]. The summed E-state index contributed by atoms with van der Waals surface area (Å²) in [5.74, 6) is -0.0276. The zero-order valence-electron chi connectivity index (χ0n) is 36.4. The lowest BCUT2D eigenvalue weighted by atomic mass is 9.97. The minimum atomic E-state index is -0.369. The van der Waals surface area contributed by atoms with E-state index >= 15 is 0 Å². The molecule has 0 aromatic heterocycles. The second-order valence-electron chi connectivity index (χ2n) is 16.1. The van der Waals surface area contributed by atoms with Crippen LogP contribution in [0.1, 0.15) is 97.3 Å². The van der Waals surface area contributed by atoms with Gasteiger partial charge in [0.1, 0.15) is 0 Å². The van der Waals surface area contributed by atoms with E-state index in [1.54, 1.807) is 50.5 Å². The fourth-order valence-corrected chi connectivity index (χ4v) is 9.15. The third-order valence-corrected chi connectivity index (χ3v) is 12.5. The van der Waals surface area contributed by atoms with Crippen molar-refractivity contribution in [3.63, 3.8) is 0 Å². The van der Waals surface area contributed by atoms with Gasteiger partial charge in [-0.25, -0.2) is 0 Å². The Bertz CT molecular complexity index is 2040. The number of Topliss-reactive ketones (excluding diaryl/α,β-unsaturated/α-hetero) is 2. The van der Waals surface area contributed by atoms with Gasteiger partial charge in [-0.3, -0.25) is 33.7 Å². The fourth-order valence-electron chi connectivity index (χ4n) is 9.03. The Morgan fingerprint density at radius 2 is 1.19 bits per heavy atom. The Kier molecular flexibility index (Phi) is 14.6. The van der Waals surface area contributed by atoms with E-state index in [1.807, 2.05) is 34.9 Å². The van der Waals surface area contributed by atoms with Crippen molar-refractivity contribution in [2.45, 2.75) is 102 Å². The van der Waals surface area contributed by atoms with E-state index in [0.717, 1.165) is 80.1 Å². The number of nitrogens with zero attached hydrogens (tertiary/aromatic N) is 3. The van der Waals surface area contributed by atoms with Crippen LogP contribution in [0, 0.1) is 6.92 Å². The van der Waals surface area contributed by atoms with E-state index in [0.29, 0.717) is 36.8 Å². The van der Waals surface area contributed by atoms with Crippen molar-refractivity contribution in [3.8, 4) is 0 Å². The van der Waals surface area contributed by atoms with Crippen LogP contribution in [-0.4, -0.2) is 114 Å². The number of halogens is 1. The van der Waals surface area contributed by atoms with E-state index in [2.05, 4.69) is 33.0 Å². The number of rotatable bonds is 12. The van der Waals surface area contributed by atoms with Crippen molar-refractivity contribution in [2.24, 2.45) is 0 Å². The summed E-state index contributed by atoms with van der Waals surface area (Å²) in [5.41, 5.74) is 5.03. The third kappa shape index (κ3) is 11.0. The summed E-state index contributed by atoms with van der Waals surface area (Å²) in [6.45, 7) is 6.45. The summed E-state index contributed by atoms with van der Waals surface area (Å²) < 4.78 is 10.0. The Morgan fingerprint density at radius 3 is 1.66 bits per heavy atom. The molecule has 0 bridgehead atoms. The first-order valence-corrected chi connectivity index (χ1v) is 21.3. The largest absolute Gasteiger partial charge is 0.355 e. The lowest BCUT2D eigenvalue weighted by Crippen LogP contribution is -2.50. The highest BCUT2D eigenvalue weighted by Gasteiger charge is 2.42. The summed E-state index contributed by atoms with van der Waals surface area (Å²) in [6.07, 6.45) is 6.11. The molecule has 2 atom stereocenters. The second-order valence-corrected chi connectivity index (χ2v) is 16.5. The average Bonchev–Trinajstić information content (AvgIpc) is 3.88. The monoisotopic (exact) mass is 828 g/mol. The Labute approximate surface area is 355 Å². The fraction of sp³-hybridized carbons (Fsp3) is 0.478. The predicted octanol–water partition coefficient (Wildman–Crippen LogP) is 4.92. The summed E-state index contributed by atoms with van der Waals surface area (Å²) in [6, 6.07) is 20.0. The van der Waals surface area contributed by atoms with Crippen molar-refractivity contribution in [1.82, 2.24) is 30.7 Å². The molecule has 12 nitrogen and oxygen atoms in total. The molecule has 4 amide bonds. The zero-order chi connectivity index (χ0) is 44.1. The standard InChI is InChI=1S/C27H32ClN3O3.C19H25N3O3.H2/c1-18-14-20(6-7-23(18)28)17-30-12-10-22(11-13-30)31-24(8-9-26(31)33)25(32)16-19-4-3-5-21(15-19)27(34)29-2;1-20-19(25)14-4-2-3-13(11-14)12-17(23)16-5-6-18(24)22(16)15-7-9-21-10-8-15;/h3-7,14-15,22,24H,8-13,16-17H2,1-2H3,(H,29,34);2-4,11,15-16,21H,5-10,12H2,1H3,(H,20,25);1H/t24-;16-;/m11./s1/i;;1+1D. The van der Waals surface area contributed by atoms with Crippen molar-refractivity contribution >= 4 is 46.8 Å². The maximum absolute atomic E-state index is 13.2. The van der Waals surface area contributed by atoms with Crippen LogP contribution in [0.2, 0.25) is 5.02 Å². The molecule has 0 unspecified atom stereocenters. The van der Waals surface area contributed by atoms with Crippen LogP contribution in [0.4, 0.5) is 0 Å². The molecule has 4 aliphatic heterocycles. The maximum atomic E-state index is 13.2. The van der Waals surface area contributed by atoms with Gasteiger partial charge < -0.3 is 25.8 Å². The molecular weight excluding hydrogens is 768 g/mol. The zero-order valence-corrected chi connectivity index (χ0v) is 35.2. The number of benzene rings is 3. The maximum Gasteiger partial charge on any atom is 0.251 e. The van der Waals surface area contributed by atoms with Crippen LogP contribution in [0.3, 0.4) is 0 Å². The van der Waals surface area contributed by atoms with Gasteiger partial charge in [0.05, 0.1) is 12.1 Å². The quantitative estimate of drug-likeness (QED) is 0.233. The molecule has 59 heavy (non-hydrogen) atoms. The summed E-state index contributed by atoms with van der Waals surface area (Å²) >= 11 is 6.15. The highest BCUT2D eigenvalue weighted by molar-refractivity contribution is 6.31. The number of aryl methyl sites for hydroxylation is 1. The molecule has 13 heteroatoms. The number of piperidine rings is 2. The first kappa shape index (κ1) is 42.2. The van der Waals surface area contributed by atoms with Crippen LogP contribution in [0.5, 0.6) is 0 Å². The van der Waals surface area contributed by atoms with Crippen LogP contribution in [0.15, 0.2) is 66.7 Å². The summed E-state index contributed by atoms with van der Waals surface area (Å²) in [4.78, 5) is 80.9. The molecule has 316 valence electrons. The number of ketones is 2. The molecule has 0 saturated carbocycles. The molecule has 4 aliphatic rings. The predicted molar refractivity (Wildman–Crippen MR) is 229 cm³/mol. The average molecular weight is 829 g/mol. The lowest BCUT2D eigenvalue weighted by Gasteiger charge is -2.39. The third-order valence-electron chi connectivity index (χ3n) is 12.1. The van der Waals surface area contributed by atoms with Crippen molar-refractivity contribution in [3.05, 3.63) is 105 Å². The van der Waals surface area contributed by atoms with E-state index in [1.165, 1.54) is 5.56 Å². The first-order valence-electron chi connectivity index (χ1n) is 21.9. The van der Waals surface area contributed by atoms with E-state index in [9.17, 15) is 28.8 Å². The molecule has 3 aromatic carbocycles. The molecule has 0 spiro atoms. The van der Waals surface area contributed by atoms with Crippen LogP contribution >= 0.6 is 11.6 Å². The van der Waals surface area contributed by atoms with Gasteiger partial charge in [0.2, 0.25) is 11.8 Å². The van der Waals surface area contributed by atoms with Crippen molar-refractivity contribution in [2.75, 3.05) is 40.3 Å². The molecule has 7 rings (SSSR count). The minimum absolute atomic E-state index is 0.0546. The van der Waals surface area contributed by atoms with Gasteiger partial charge in [-0.2, -0.15) is 0 Å². The normalized spacial score (nSPS) is 20.4. The van der Waals surface area contributed by atoms with Gasteiger partial charge in [0.15, 0.2) is 11.6 Å². The van der Waals surface area contributed by atoms with Gasteiger partial charge in [0.25, 0.3) is 11.8 Å². The van der Waals surface area contributed by atoms with Gasteiger partial charge in [-0.15, -0.1) is 0 Å². The van der Waals surface area contributed by atoms with Crippen molar-refractivity contribution < 1.29 is 31.7 Å². The number of amides is 4. The van der Waals surface area contributed by atoms with Gasteiger partial charge in [0, 0.05) is 90.6 Å². The van der Waals surface area contributed by atoms with Gasteiger partial charge >= 0.3 is 0 Å². The number of hydrogen-bond donors (Lipinski definition) is 3. The molecule has 3 N–H and O–H groups in total. The molecule has 4 saturated heterocycles. The molecule has 0 aliphatic carbocycles. The second kappa shape index (κ2) is 20.4. The number of likely N-dealkylation sites (tertiary alicyclic amines) is 3. The van der Waals surface area contributed by atoms with E-state index in [-0.39, 0.29) is 72.2 Å². The minimum Gasteiger partial charge on any atom is -0.355 e. The van der Waals surface area contributed by atoms with Crippen LogP contribution in [-0.2, 0) is 38.6 Å². The topological polar surface area (TPSA) is 148 Å². The van der Waals surface area contributed by atoms with Crippen molar-refractivity contribution in [1.29, 1.82) is 0 Å². The highest BCUT2D eigenvalue weighted by atomic mass is 35.5. The summed E-state index contributed by atoms with van der Waals surface area (Å²) in [7, 11) is 3.17. The summed E-state index contributed by atoms with van der Waals surface area (Å²) in [5, 5.41) is 9.28. The molecule has 0 radical (unpaired) electrons. The Balaban J connectivity index is 0.000000232. The number of hydrogen-bond acceptors (Lipinski definition) is 8. The first-order chi connectivity index (χ1) is 29.4. The Morgan fingerprint density at radius 1 is 0.695 bits per heavy atom. The smallest absolute Gasteiger partial charge is 0.251 e. The van der Waals surface area contributed by atoms with Gasteiger partial charge in [-0.1, -0.05) is 48.0 Å². The lowest BCUT2D eigenvalue weighted by molar-refractivity contribution is -0.137. The highest BCUT2D eigenvalue weighted by Crippen LogP contribution is 2.30. The van der Waals surface area contributed by atoms with E-state index < -0.39 is 0 Å². The number of nitrogens with one attached hydrogen (secondary N) is 3. The van der Waals surface area contributed by atoms with E-state index in [4.69, 9.17) is 14.6 Å². The molecule has 4 heterocycles. The van der Waals surface area contributed by atoms with Crippen LogP contribution in [0.25, 0.3) is 0 Å². The van der Waals surface area contributed by atoms with Crippen LogP contribution < -0.4 is 16.0 Å². The molecule has 4 fully saturated rings. The molecular formula is C46H59ClN6O6. The number of carbonyl (C=O) groups is 6. The number of carbonyl (C=O) groups excluding carboxylic acids is 6.